The van der Waals surface area contributed by atoms with Crippen LogP contribution in [0.4, 0.5) is 0 Å². The molecule has 0 radical (unpaired) electrons. The zero-order valence-corrected chi connectivity index (χ0v) is 12.0. The molecule has 1 heterocycles. The minimum atomic E-state index is -0.973. The SMILES string of the molecule is Cc1csc(SCCOc2ccccc2C(=O)O)n1. The first-order valence-corrected chi connectivity index (χ1v) is 7.53. The van der Waals surface area contributed by atoms with E-state index in [-0.39, 0.29) is 5.56 Å². The van der Waals surface area contributed by atoms with Crippen molar-refractivity contribution in [3.8, 4) is 5.75 Å². The lowest BCUT2D eigenvalue weighted by atomic mass is 10.2. The van der Waals surface area contributed by atoms with Crippen LogP contribution in [-0.2, 0) is 0 Å². The third-order valence-electron chi connectivity index (χ3n) is 2.28. The molecule has 0 saturated carbocycles. The summed E-state index contributed by atoms with van der Waals surface area (Å²) in [6.45, 7) is 2.41. The van der Waals surface area contributed by atoms with E-state index >= 15 is 0 Å². The maximum atomic E-state index is 11.0. The van der Waals surface area contributed by atoms with Crippen LogP contribution in [0.5, 0.6) is 5.75 Å². The van der Waals surface area contributed by atoms with Gasteiger partial charge in [-0.2, -0.15) is 0 Å². The van der Waals surface area contributed by atoms with Crippen molar-refractivity contribution in [2.45, 2.75) is 11.3 Å². The molecule has 4 nitrogen and oxygen atoms in total. The number of aryl methyl sites for hydroxylation is 1. The summed E-state index contributed by atoms with van der Waals surface area (Å²) in [4.78, 5) is 15.3. The molecule has 0 fully saturated rings. The van der Waals surface area contributed by atoms with Gasteiger partial charge in [-0.25, -0.2) is 9.78 Å². The Morgan fingerprint density at radius 1 is 1.47 bits per heavy atom. The number of hydrogen-bond acceptors (Lipinski definition) is 5. The Bertz CT molecular complexity index is 569. The molecule has 2 rings (SSSR count). The summed E-state index contributed by atoms with van der Waals surface area (Å²) in [5.74, 6) is 0.172. The third kappa shape index (κ3) is 3.97. The number of para-hydroxylation sites is 1. The molecule has 0 amide bonds. The molecule has 100 valence electrons. The summed E-state index contributed by atoms with van der Waals surface area (Å²) in [5.41, 5.74) is 1.21. The summed E-state index contributed by atoms with van der Waals surface area (Å²) < 4.78 is 6.51. The van der Waals surface area contributed by atoms with Crippen LogP contribution in [0.15, 0.2) is 34.0 Å². The Morgan fingerprint density at radius 2 is 2.26 bits per heavy atom. The molecule has 0 aliphatic rings. The molecule has 6 heteroatoms. The topological polar surface area (TPSA) is 59.4 Å². The number of carbonyl (C=O) groups is 1. The normalized spacial score (nSPS) is 10.4. The summed E-state index contributed by atoms with van der Waals surface area (Å²) in [6.07, 6.45) is 0. The first kappa shape index (κ1) is 13.9. The molecule has 2 aromatic rings. The van der Waals surface area contributed by atoms with Crippen molar-refractivity contribution in [2.24, 2.45) is 0 Å². The number of carboxylic acid groups (broad SMARTS) is 1. The minimum Gasteiger partial charge on any atom is -0.492 e. The van der Waals surface area contributed by atoms with Crippen molar-refractivity contribution < 1.29 is 14.6 Å². The van der Waals surface area contributed by atoms with Gasteiger partial charge in [0.2, 0.25) is 0 Å². The van der Waals surface area contributed by atoms with Crippen LogP contribution in [-0.4, -0.2) is 28.4 Å². The Balaban J connectivity index is 1.84. The lowest BCUT2D eigenvalue weighted by Crippen LogP contribution is -2.05. The van der Waals surface area contributed by atoms with Gasteiger partial charge in [0, 0.05) is 16.8 Å². The van der Waals surface area contributed by atoms with Gasteiger partial charge in [0.15, 0.2) is 0 Å². The number of aromatic nitrogens is 1. The molecule has 0 saturated heterocycles. The fraction of sp³-hybridized carbons (Fsp3) is 0.231. The van der Waals surface area contributed by atoms with Crippen LogP contribution in [0, 0.1) is 6.92 Å². The van der Waals surface area contributed by atoms with Crippen molar-refractivity contribution >= 4 is 29.1 Å². The summed E-state index contributed by atoms with van der Waals surface area (Å²) in [6, 6.07) is 6.65. The van der Waals surface area contributed by atoms with Gasteiger partial charge in [-0.3, -0.25) is 0 Å². The van der Waals surface area contributed by atoms with Crippen LogP contribution in [0.2, 0.25) is 0 Å². The van der Waals surface area contributed by atoms with Crippen LogP contribution < -0.4 is 4.74 Å². The Kier molecular flexibility index (Phi) is 4.81. The fourth-order valence-corrected chi connectivity index (χ4v) is 3.19. The van der Waals surface area contributed by atoms with Gasteiger partial charge in [0.1, 0.15) is 15.7 Å². The summed E-state index contributed by atoms with van der Waals surface area (Å²) in [5, 5.41) is 11.0. The number of thiazole rings is 1. The molecular weight excluding hydrogens is 282 g/mol. The van der Waals surface area contributed by atoms with E-state index in [1.54, 1.807) is 41.3 Å². The van der Waals surface area contributed by atoms with E-state index in [4.69, 9.17) is 9.84 Å². The van der Waals surface area contributed by atoms with E-state index in [0.29, 0.717) is 12.4 Å². The number of thioether (sulfide) groups is 1. The number of ether oxygens (including phenoxy) is 1. The molecule has 1 aromatic carbocycles. The minimum absolute atomic E-state index is 0.192. The first-order valence-electron chi connectivity index (χ1n) is 5.67. The zero-order chi connectivity index (χ0) is 13.7. The van der Waals surface area contributed by atoms with Crippen LogP contribution in [0.3, 0.4) is 0 Å². The Morgan fingerprint density at radius 3 is 2.95 bits per heavy atom. The van der Waals surface area contributed by atoms with E-state index in [1.807, 2.05) is 12.3 Å². The molecule has 0 bridgehead atoms. The molecule has 19 heavy (non-hydrogen) atoms. The van der Waals surface area contributed by atoms with Crippen molar-refractivity contribution in [1.29, 1.82) is 0 Å². The molecule has 0 spiro atoms. The number of nitrogens with zero attached hydrogens (tertiary/aromatic N) is 1. The predicted octanol–water partition coefficient (Wildman–Crippen LogP) is 3.32. The highest BCUT2D eigenvalue weighted by atomic mass is 32.2. The quantitative estimate of drug-likeness (QED) is 0.654. The number of benzene rings is 1. The van der Waals surface area contributed by atoms with Gasteiger partial charge >= 0.3 is 5.97 Å². The Hall–Kier alpha value is -1.53. The second-order valence-corrected chi connectivity index (χ2v) is 5.95. The highest BCUT2D eigenvalue weighted by molar-refractivity contribution is 8.01. The van der Waals surface area contributed by atoms with E-state index in [2.05, 4.69) is 4.98 Å². The standard InChI is InChI=1S/C13H13NO3S2/c1-9-8-19-13(14-9)18-7-6-17-11-5-3-2-4-10(11)12(15)16/h2-5,8H,6-7H2,1H3,(H,15,16). The van der Waals surface area contributed by atoms with Gasteiger partial charge in [0.05, 0.1) is 6.61 Å². The molecule has 0 aliphatic carbocycles. The van der Waals surface area contributed by atoms with Crippen molar-refractivity contribution in [2.75, 3.05) is 12.4 Å². The molecule has 1 N–H and O–H groups in total. The number of aromatic carboxylic acids is 1. The van der Waals surface area contributed by atoms with E-state index in [9.17, 15) is 4.79 Å². The maximum Gasteiger partial charge on any atom is 0.339 e. The van der Waals surface area contributed by atoms with Gasteiger partial charge < -0.3 is 9.84 Å². The number of rotatable bonds is 6. The second-order valence-electron chi connectivity index (χ2n) is 3.75. The van der Waals surface area contributed by atoms with Gasteiger partial charge in [0.25, 0.3) is 0 Å². The van der Waals surface area contributed by atoms with Crippen molar-refractivity contribution in [3.05, 3.63) is 40.9 Å². The fourth-order valence-electron chi connectivity index (χ4n) is 1.45. The van der Waals surface area contributed by atoms with Crippen molar-refractivity contribution in [3.63, 3.8) is 0 Å². The lowest BCUT2D eigenvalue weighted by molar-refractivity contribution is 0.0692. The van der Waals surface area contributed by atoms with Gasteiger partial charge in [-0.05, 0) is 19.1 Å². The molecule has 1 aromatic heterocycles. The molecule has 0 unspecified atom stereocenters. The number of hydrogen-bond donors (Lipinski definition) is 1. The second kappa shape index (κ2) is 6.58. The van der Waals surface area contributed by atoms with E-state index in [0.717, 1.165) is 15.8 Å². The maximum absolute atomic E-state index is 11.0. The van der Waals surface area contributed by atoms with Crippen LogP contribution in [0.1, 0.15) is 16.1 Å². The monoisotopic (exact) mass is 295 g/mol. The average molecular weight is 295 g/mol. The molecule has 0 atom stereocenters. The Labute approximate surface area is 119 Å². The molecular formula is C13H13NO3S2. The summed E-state index contributed by atoms with van der Waals surface area (Å²) >= 11 is 3.22. The number of carboxylic acids is 1. The first-order chi connectivity index (χ1) is 9.16. The molecule has 0 aliphatic heterocycles. The van der Waals surface area contributed by atoms with Crippen molar-refractivity contribution in [1.82, 2.24) is 4.98 Å². The van der Waals surface area contributed by atoms with Gasteiger partial charge in [-0.15, -0.1) is 11.3 Å². The van der Waals surface area contributed by atoms with E-state index in [1.165, 1.54) is 6.07 Å². The largest absolute Gasteiger partial charge is 0.492 e. The van der Waals surface area contributed by atoms with Crippen LogP contribution in [0.25, 0.3) is 0 Å². The predicted molar refractivity (Wildman–Crippen MR) is 76.5 cm³/mol. The summed E-state index contributed by atoms with van der Waals surface area (Å²) in [7, 11) is 0. The highest BCUT2D eigenvalue weighted by Crippen LogP contribution is 2.23. The lowest BCUT2D eigenvalue weighted by Gasteiger charge is -2.07. The average Bonchev–Trinajstić information content (AvgIpc) is 2.81. The van der Waals surface area contributed by atoms with E-state index < -0.39 is 5.97 Å². The zero-order valence-electron chi connectivity index (χ0n) is 10.3. The van der Waals surface area contributed by atoms with Crippen LogP contribution >= 0.6 is 23.1 Å². The van der Waals surface area contributed by atoms with Gasteiger partial charge in [-0.1, -0.05) is 23.9 Å². The highest BCUT2D eigenvalue weighted by Gasteiger charge is 2.09. The smallest absolute Gasteiger partial charge is 0.339 e. The third-order valence-corrected chi connectivity index (χ3v) is 4.38.